The van der Waals surface area contributed by atoms with Crippen molar-refractivity contribution in [2.24, 2.45) is 7.05 Å². The van der Waals surface area contributed by atoms with Gasteiger partial charge in [0, 0.05) is 63.8 Å². The molecule has 0 radical (unpaired) electrons. The van der Waals surface area contributed by atoms with E-state index in [-0.39, 0.29) is 10.8 Å². The number of nitrogens with one attached hydrogen (secondary N) is 1. The van der Waals surface area contributed by atoms with Crippen LogP contribution in [-0.2, 0) is 17.1 Å². The van der Waals surface area contributed by atoms with E-state index in [1.165, 1.54) is 4.31 Å². The third-order valence-corrected chi connectivity index (χ3v) is 8.48. The van der Waals surface area contributed by atoms with Gasteiger partial charge in [-0.15, -0.1) is 0 Å². The van der Waals surface area contributed by atoms with Gasteiger partial charge in [-0.1, -0.05) is 20.8 Å². The zero-order valence-electron chi connectivity index (χ0n) is 19.8. The van der Waals surface area contributed by atoms with Crippen LogP contribution in [-0.4, -0.2) is 91.9 Å². The lowest BCUT2D eigenvalue weighted by atomic mass is 10.2. The van der Waals surface area contributed by atoms with Crippen LogP contribution >= 0.6 is 0 Å². The second kappa shape index (κ2) is 10.8. The van der Waals surface area contributed by atoms with Crippen molar-refractivity contribution in [2.45, 2.75) is 32.1 Å². The lowest BCUT2D eigenvalue weighted by molar-refractivity contribution is 0.0940. The van der Waals surface area contributed by atoms with E-state index < -0.39 is 10.0 Å². The molecule has 2 aromatic rings. The molecular formula is C23H37N5O3S. The molecule has 0 saturated carbocycles. The van der Waals surface area contributed by atoms with Crippen molar-refractivity contribution >= 4 is 26.8 Å². The van der Waals surface area contributed by atoms with Gasteiger partial charge < -0.3 is 19.7 Å². The van der Waals surface area contributed by atoms with E-state index >= 15 is 0 Å². The molecule has 8 nitrogen and oxygen atoms in total. The molecular weight excluding hydrogens is 426 g/mol. The minimum atomic E-state index is -3.53. The zero-order valence-corrected chi connectivity index (χ0v) is 20.6. The van der Waals surface area contributed by atoms with Gasteiger partial charge >= 0.3 is 0 Å². The Morgan fingerprint density at radius 3 is 2.31 bits per heavy atom. The molecule has 0 unspecified atom stereocenters. The number of hydrogen-bond donors (Lipinski definition) is 1. The van der Waals surface area contributed by atoms with Gasteiger partial charge in [-0.05, 0) is 43.8 Å². The minimum absolute atomic E-state index is 0.132. The average Bonchev–Trinajstić information content (AvgIpc) is 3.13. The SMILES string of the molecule is CCN1CCN(CCCNC(=O)c2cc3cc(S(=O)(=O)N(CC)CC)ccc3n2C)CC1. The predicted molar refractivity (Wildman–Crippen MR) is 129 cm³/mol. The minimum Gasteiger partial charge on any atom is -0.351 e. The number of carbonyl (C=O) groups is 1. The Labute approximate surface area is 192 Å². The monoisotopic (exact) mass is 463 g/mol. The molecule has 3 rings (SSSR count). The topological polar surface area (TPSA) is 77.9 Å². The molecule has 0 atom stereocenters. The second-order valence-electron chi connectivity index (χ2n) is 8.28. The summed E-state index contributed by atoms with van der Waals surface area (Å²) in [6, 6.07) is 6.83. The van der Waals surface area contributed by atoms with Crippen LogP contribution in [0, 0.1) is 0 Å². The van der Waals surface area contributed by atoms with Crippen molar-refractivity contribution in [3.63, 3.8) is 0 Å². The van der Waals surface area contributed by atoms with Gasteiger partial charge in [-0.2, -0.15) is 4.31 Å². The predicted octanol–water partition coefficient (Wildman–Crippen LogP) is 1.97. The number of aryl methyl sites for hydroxylation is 1. The lowest BCUT2D eigenvalue weighted by Gasteiger charge is -2.33. The maximum absolute atomic E-state index is 12.8. The first kappa shape index (κ1) is 24.7. The standard InChI is InChI=1S/C23H37N5O3S/c1-5-26-13-15-27(16-14-26)12-8-11-24-23(29)22-18-19-17-20(9-10-21(19)25(22)4)32(30,31)28(6-2)7-3/h9-10,17-18H,5-8,11-16H2,1-4H3,(H,24,29). The normalized spacial score (nSPS) is 16.2. The Morgan fingerprint density at radius 1 is 1.03 bits per heavy atom. The van der Waals surface area contributed by atoms with Crippen LogP contribution in [0.25, 0.3) is 10.9 Å². The van der Waals surface area contributed by atoms with E-state index in [1.54, 1.807) is 24.3 Å². The van der Waals surface area contributed by atoms with Crippen LogP contribution < -0.4 is 5.32 Å². The highest BCUT2D eigenvalue weighted by molar-refractivity contribution is 7.89. The Hall–Kier alpha value is -1.94. The van der Waals surface area contributed by atoms with E-state index in [9.17, 15) is 13.2 Å². The van der Waals surface area contributed by atoms with Crippen molar-refractivity contribution in [1.29, 1.82) is 0 Å². The molecule has 0 aliphatic carbocycles. The van der Waals surface area contributed by atoms with E-state index in [4.69, 9.17) is 0 Å². The molecule has 1 aliphatic rings. The number of sulfonamides is 1. The number of hydrogen-bond acceptors (Lipinski definition) is 5. The Morgan fingerprint density at radius 2 is 1.69 bits per heavy atom. The van der Waals surface area contributed by atoms with Crippen LogP contribution in [0.4, 0.5) is 0 Å². The van der Waals surface area contributed by atoms with Gasteiger partial charge in [0.1, 0.15) is 5.69 Å². The molecule has 1 fully saturated rings. The molecule has 1 aliphatic heterocycles. The summed E-state index contributed by atoms with van der Waals surface area (Å²) in [5.74, 6) is -0.132. The van der Waals surface area contributed by atoms with E-state index in [0.717, 1.165) is 56.6 Å². The van der Waals surface area contributed by atoms with Crippen LogP contribution in [0.2, 0.25) is 0 Å². The summed E-state index contributed by atoms with van der Waals surface area (Å²) < 4.78 is 28.9. The van der Waals surface area contributed by atoms with Gasteiger partial charge in [0.25, 0.3) is 5.91 Å². The lowest BCUT2D eigenvalue weighted by Crippen LogP contribution is -2.46. The number of nitrogens with zero attached hydrogens (tertiary/aromatic N) is 4. The maximum atomic E-state index is 12.8. The smallest absolute Gasteiger partial charge is 0.267 e. The largest absolute Gasteiger partial charge is 0.351 e. The number of piperazine rings is 1. The fourth-order valence-corrected chi connectivity index (χ4v) is 5.84. The number of carbonyl (C=O) groups excluding carboxylic acids is 1. The highest BCUT2D eigenvalue weighted by atomic mass is 32.2. The number of fused-ring (bicyclic) bond motifs is 1. The van der Waals surface area contributed by atoms with Crippen molar-refractivity contribution in [1.82, 2.24) is 24.0 Å². The van der Waals surface area contributed by atoms with Gasteiger partial charge in [0.15, 0.2) is 0 Å². The van der Waals surface area contributed by atoms with Crippen molar-refractivity contribution in [2.75, 3.05) is 58.9 Å². The molecule has 178 valence electrons. The third kappa shape index (κ3) is 5.33. The molecule has 1 N–H and O–H groups in total. The number of aromatic nitrogens is 1. The molecule has 32 heavy (non-hydrogen) atoms. The van der Waals surface area contributed by atoms with Crippen LogP contribution in [0.5, 0.6) is 0 Å². The molecule has 2 heterocycles. The summed E-state index contributed by atoms with van der Waals surface area (Å²) in [7, 11) is -1.70. The molecule has 1 amide bonds. The van der Waals surface area contributed by atoms with E-state index in [1.807, 2.05) is 25.5 Å². The van der Waals surface area contributed by atoms with Crippen molar-refractivity contribution in [3.05, 3.63) is 30.0 Å². The van der Waals surface area contributed by atoms with Gasteiger partial charge in [-0.3, -0.25) is 4.79 Å². The fourth-order valence-electron chi connectivity index (χ4n) is 4.34. The summed E-state index contributed by atoms with van der Waals surface area (Å²) >= 11 is 0. The number of benzene rings is 1. The highest BCUT2D eigenvalue weighted by Gasteiger charge is 2.23. The molecule has 0 spiro atoms. The number of amides is 1. The summed E-state index contributed by atoms with van der Waals surface area (Å²) in [4.78, 5) is 17.9. The van der Waals surface area contributed by atoms with Crippen molar-refractivity contribution in [3.8, 4) is 0 Å². The first-order valence-corrected chi connectivity index (χ1v) is 13.1. The second-order valence-corrected chi connectivity index (χ2v) is 10.2. The maximum Gasteiger partial charge on any atom is 0.267 e. The molecule has 1 aromatic heterocycles. The average molecular weight is 464 g/mol. The van der Waals surface area contributed by atoms with E-state index in [2.05, 4.69) is 22.0 Å². The first-order valence-electron chi connectivity index (χ1n) is 11.6. The summed E-state index contributed by atoms with van der Waals surface area (Å²) in [5, 5.41) is 3.77. The quantitative estimate of drug-likeness (QED) is 0.545. The summed E-state index contributed by atoms with van der Waals surface area (Å²) in [6.07, 6.45) is 0.911. The first-order chi connectivity index (χ1) is 15.3. The Balaban J connectivity index is 1.62. The zero-order chi connectivity index (χ0) is 23.3. The number of likely N-dealkylation sites (N-methyl/N-ethyl adjacent to an activating group) is 1. The Kier molecular flexibility index (Phi) is 8.32. The molecule has 1 saturated heterocycles. The highest BCUT2D eigenvalue weighted by Crippen LogP contribution is 2.24. The van der Waals surface area contributed by atoms with Gasteiger partial charge in [-0.25, -0.2) is 8.42 Å². The van der Waals surface area contributed by atoms with Crippen molar-refractivity contribution < 1.29 is 13.2 Å². The third-order valence-electron chi connectivity index (χ3n) is 6.44. The summed E-state index contributed by atoms with van der Waals surface area (Å²) in [6.45, 7) is 13.8. The molecule has 9 heteroatoms. The van der Waals surface area contributed by atoms with Gasteiger partial charge in [0.05, 0.1) is 4.90 Å². The Bertz CT molecular complexity index is 1020. The van der Waals surface area contributed by atoms with Crippen LogP contribution in [0.15, 0.2) is 29.2 Å². The van der Waals surface area contributed by atoms with Crippen LogP contribution in [0.3, 0.4) is 0 Å². The summed E-state index contributed by atoms with van der Waals surface area (Å²) in [5.41, 5.74) is 1.37. The molecule has 0 bridgehead atoms. The fraction of sp³-hybridized carbons (Fsp3) is 0.609. The van der Waals surface area contributed by atoms with Gasteiger partial charge in [0.2, 0.25) is 10.0 Å². The number of rotatable bonds is 10. The van der Waals surface area contributed by atoms with E-state index in [0.29, 0.717) is 25.3 Å². The molecule has 1 aromatic carbocycles. The van der Waals surface area contributed by atoms with Crippen LogP contribution in [0.1, 0.15) is 37.7 Å².